The molecule has 2 atom stereocenters. The summed E-state index contributed by atoms with van der Waals surface area (Å²) < 4.78 is 5.33. The first-order valence-corrected chi connectivity index (χ1v) is 4.04. The van der Waals surface area contributed by atoms with Gasteiger partial charge in [-0.05, 0) is 26.2 Å². The quantitative estimate of drug-likeness (QED) is 0.600. The second-order valence-corrected chi connectivity index (χ2v) is 2.77. The summed E-state index contributed by atoms with van der Waals surface area (Å²) in [7, 11) is 0. The second-order valence-electron chi connectivity index (χ2n) is 2.77. The van der Waals surface area contributed by atoms with Gasteiger partial charge in [-0.1, -0.05) is 5.92 Å². The van der Waals surface area contributed by atoms with Gasteiger partial charge in [0.1, 0.15) is 6.61 Å². The number of rotatable bonds is 2. The van der Waals surface area contributed by atoms with E-state index in [2.05, 4.69) is 11.8 Å². The number of hydrogen-bond acceptors (Lipinski definition) is 2. The monoisotopic (exact) mass is 154 g/mol. The van der Waals surface area contributed by atoms with Gasteiger partial charge in [0.25, 0.3) is 0 Å². The Morgan fingerprint density at radius 3 is 2.91 bits per heavy atom. The number of hydrogen-bond donors (Lipinski definition) is 1. The third-order valence-electron chi connectivity index (χ3n) is 1.96. The largest absolute Gasteiger partial charge is 0.390 e. The number of aliphatic hydroxyl groups is 1. The summed E-state index contributed by atoms with van der Waals surface area (Å²) in [5, 5.41) is 9.32. The molecule has 1 rings (SSSR count). The summed E-state index contributed by atoms with van der Waals surface area (Å²) >= 11 is 0. The molecule has 0 radical (unpaired) electrons. The third-order valence-corrected chi connectivity index (χ3v) is 1.96. The molecule has 2 heteroatoms. The molecule has 0 amide bonds. The fourth-order valence-corrected chi connectivity index (χ4v) is 1.32. The Hall–Kier alpha value is -0.520. The van der Waals surface area contributed by atoms with Crippen molar-refractivity contribution >= 4 is 0 Å². The van der Waals surface area contributed by atoms with Gasteiger partial charge < -0.3 is 9.84 Å². The molecule has 11 heavy (non-hydrogen) atoms. The first kappa shape index (κ1) is 8.58. The fraction of sp³-hybridized carbons (Fsp3) is 0.778. The highest BCUT2D eigenvalue weighted by Gasteiger charge is 2.25. The Morgan fingerprint density at radius 1 is 1.55 bits per heavy atom. The molecule has 0 bridgehead atoms. The molecule has 0 aromatic carbocycles. The summed E-state index contributed by atoms with van der Waals surface area (Å²) in [6, 6.07) is 0. The van der Waals surface area contributed by atoms with Crippen molar-refractivity contribution in [3.63, 3.8) is 0 Å². The van der Waals surface area contributed by atoms with Gasteiger partial charge in [-0.2, -0.15) is 0 Å². The van der Waals surface area contributed by atoms with Crippen LogP contribution in [0.5, 0.6) is 0 Å². The first-order chi connectivity index (χ1) is 5.34. The van der Waals surface area contributed by atoms with Crippen LogP contribution in [0.2, 0.25) is 0 Å². The van der Waals surface area contributed by atoms with E-state index in [-0.39, 0.29) is 12.2 Å². The second kappa shape index (κ2) is 4.38. The summed E-state index contributed by atoms with van der Waals surface area (Å²) in [4.78, 5) is 0. The van der Waals surface area contributed by atoms with Gasteiger partial charge in [0, 0.05) is 0 Å². The molecule has 0 unspecified atom stereocenters. The minimum atomic E-state index is -0.256. The molecule has 1 N–H and O–H groups in total. The molecule has 1 aliphatic carbocycles. The Labute approximate surface area is 67.6 Å². The first-order valence-electron chi connectivity index (χ1n) is 4.04. The maximum absolute atomic E-state index is 9.32. The van der Waals surface area contributed by atoms with E-state index in [4.69, 9.17) is 4.74 Å². The maximum atomic E-state index is 9.32. The van der Waals surface area contributed by atoms with Gasteiger partial charge in [-0.15, -0.1) is 5.92 Å². The van der Waals surface area contributed by atoms with Crippen LogP contribution in [-0.4, -0.2) is 23.9 Å². The van der Waals surface area contributed by atoms with E-state index in [9.17, 15) is 5.11 Å². The van der Waals surface area contributed by atoms with E-state index >= 15 is 0 Å². The molecule has 62 valence electrons. The summed E-state index contributed by atoms with van der Waals surface area (Å²) in [5.41, 5.74) is 0. The van der Waals surface area contributed by atoms with Crippen molar-refractivity contribution in [1.82, 2.24) is 0 Å². The SMILES string of the molecule is CC#CCO[C@@H]1CCC[C@@H]1O. The van der Waals surface area contributed by atoms with Crippen molar-refractivity contribution in [2.24, 2.45) is 0 Å². The van der Waals surface area contributed by atoms with Crippen molar-refractivity contribution in [2.75, 3.05) is 6.61 Å². The lowest BCUT2D eigenvalue weighted by atomic mass is 10.3. The summed E-state index contributed by atoms with van der Waals surface area (Å²) in [6.07, 6.45) is 2.71. The van der Waals surface area contributed by atoms with E-state index in [0.29, 0.717) is 6.61 Å². The molecule has 0 saturated heterocycles. The maximum Gasteiger partial charge on any atom is 0.108 e. The van der Waals surface area contributed by atoms with Crippen LogP contribution in [0.1, 0.15) is 26.2 Å². The highest BCUT2D eigenvalue weighted by molar-refractivity contribution is 4.95. The van der Waals surface area contributed by atoms with Crippen molar-refractivity contribution in [2.45, 2.75) is 38.4 Å². The molecule has 0 heterocycles. The lowest BCUT2D eigenvalue weighted by Gasteiger charge is -2.12. The van der Waals surface area contributed by atoms with Crippen LogP contribution in [-0.2, 0) is 4.74 Å². The summed E-state index contributed by atoms with van der Waals surface area (Å²) in [5.74, 6) is 5.56. The van der Waals surface area contributed by atoms with Crippen molar-refractivity contribution in [3.05, 3.63) is 0 Å². The van der Waals surface area contributed by atoms with E-state index in [1.54, 1.807) is 6.92 Å². The third kappa shape index (κ3) is 2.53. The van der Waals surface area contributed by atoms with Crippen LogP contribution in [0.15, 0.2) is 0 Å². The van der Waals surface area contributed by atoms with Crippen LogP contribution in [0, 0.1) is 11.8 Å². The van der Waals surface area contributed by atoms with Crippen LogP contribution in [0.4, 0.5) is 0 Å². The van der Waals surface area contributed by atoms with E-state index < -0.39 is 0 Å². The lowest BCUT2D eigenvalue weighted by Crippen LogP contribution is -2.22. The minimum absolute atomic E-state index is 0.0378. The molecule has 0 aliphatic heterocycles. The fourth-order valence-electron chi connectivity index (χ4n) is 1.32. The molecule has 1 saturated carbocycles. The van der Waals surface area contributed by atoms with Gasteiger partial charge in [-0.25, -0.2) is 0 Å². The molecule has 1 fully saturated rings. The van der Waals surface area contributed by atoms with Gasteiger partial charge in [0.05, 0.1) is 12.2 Å². The number of aliphatic hydroxyl groups excluding tert-OH is 1. The smallest absolute Gasteiger partial charge is 0.108 e. The predicted molar refractivity (Wildman–Crippen MR) is 43.0 cm³/mol. The zero-order chi connectivity index (χ0) is 8.10. The normalized spacial score (nSPS) is 29.6. The van der Waals surface area contributed by atoms with E-state index in [0.717, 1.165) is 19.3 Å². The van der Waals surface area contributed by atoms with Crippen molar-refractivity contribution in [3.8, 4) is 11.8 Å². The Balaban J connectivity index is 2.18. The molecule has 0 aromatic heterocycles. The molecule has 1 aliphatic rings. The summed E-state index contributed by atoms with van der Waals surface area (Å²) in [6.45, 7) is 2.24. The molecule has 0 spiro atoms. The Kier molecular flexibility index (Phi) is 3.41. The van der Waals surface area contributed by atoms with E-state index in [1.165, 1.54) is 0 Å². The van der Waals surface area contributed by atoms with E-state index in [1.807, 2.05) is 0 Å². The van der Waals surface area contributed by atoms with Gasteiger partial charge in [-0.3, -0.25) is 0 Å². The zero-order valence-corrected chi connectivity index (χ0v) is 6.84. The zero-order valence-electron chi connectivity index (χ0n) is 6.84. The average Bonchev–Trinajstić information content (AvgIpc) is 2.37. The number of ether oxygens (including phenoxy) is 1. The molecule has 2 nitrogen and oxygen atoms in total. The van der Waals surface area contributed by atoms with Crippen molar-refractivity contribution in [1.29, 1.82) is 0 Å². The van der Waals surface area contributed by atoms with Crippen LogP contribution in [0.3, 0.4) is 0 Å². The van der Waals surface area contributed by atoms with Crippen LogP contribution < -0.4 is 0 Å². The van der Waals surface area contributed by atoms with Crippen LogP contribution >= 0.6 is 0 Å². The predicted octanol–water partition coefficient (Wildman–Crippen LogP) is 0.940. The highest BCUT2D eigenvalue weighted by Crippen LogP contribution is 2.21. The Bertz CT molecular complexity index is 166. The molecular weight excluding hydrogens is 140 g/mol. The molecular formula is C9H14O2. The van der Waals surface area contributed by atoms with Crippen molar-refractivity contribution < 1.29 is 9.84 Å². The molecule has 0 aromatic rings. The highest BCUT2D eigenvalue weighted by atomic mass is 16.5. The van der Waals surface area contributed by atoms with Gasteiger partial charge >= 0.3 is 0 Å². The topological polar surface area (TPSA) is 29.5 Å². The van der Waals surface area contributed by atoms with Gasteiger partial charge in [0.15, 0.2) is 0 Å². The van der Waals surface area contributed by atoms with Crippen LogP contribution in [0.25, 0.3) is 0 Å². The van der Waals surface area contributed by atoms with Gasteiger partial charge in [0.2, 0.25) is 0 Å². The minimum Gasteiger partial charge on any atom is -0.390 e. The average molecular weight is 154 g/mol. The Morgan fingerprint density at radius 2 is 2.36 bits per heavy atom. The standard InChI is InChI=1S/C9H14O2/c1-2-3-7-11-9-6-4-5-8(9)10/h8-10H,4-7H2,1H3/t8-,9+/m0/s1. The lowest BCUT2D eigenvalue weighted by molar-refractivity contribution is -0.00418.